The summed E-state index contributed by atoms with van der Waals surface area (Å²) in [7, 11) is 0. The van der Waals surface area contributed by atoms with Gasteiger partial charge in [-0.2, -0.15) is 0 Å². The fourth-order valence-corrected chi connectivity index (χ4v) is 3.80. The lowest BCUT2D eigenvalue weighted by Crippen LogP contribution is -2.46. The molecule has 0 saturated carbocycles. The molecule has 0 radical (unpaired) electrons. The van der Waals surface area contributed by atoms with E-state index in [2.05, 4.69) is 13.8 Å². The number of carbonyl (C=O) groups is 3. The van der Waals surface area contributed by atoms with Crippen molar-refractivity contribution in [3.8, 4) is 0 Å². The zero-order valence-electron chi connectivity index (χ0n) is 17.8. The van der Waals surface area contributed by atoms with Crippen molar-refractivity contribution in [2.45, 2.75) is 53.1 Å². The van der Waals surface area contributed by atoms with E-state index in [1.54, 1.807) is 0 Å². The molecule has 0 bridgehead atoms. The van der Waals surface area contributed by atoms with Crippen LogP contribution in [0.4, 0.5) is 0 Å². The van der Waals surface area contributed by atoms with E-state index in [4.69, 9.17) is 14.2 Å². The third-order valence-corrected chi connectivity index (χ3v) is 6.10. The number of hydrogen-bond donors (Lipinski definition) is 0. The summed E-state index contributed by atoms with van der Waals surface area (Å²) in [5, 5.41) is 0. The lowest BCUT2D eigenvalue weighted by atomic mass is 9.78. The normalized spacial score (nSPS) is 29.1. The van der Waals surface area contributed by atoms with Gasteiger partial charge >= 0.3 is 5.97 Å². The topological polar surface area (TPSA) is 78.9 Å². The molecule has 1 fully saturated rings. The summed E-state index contributed by atoms with van der Waals surface area (Å²) in [4.78, 5) is 37.0. The van der Waals surface area contributed by atoms with E-state index in [1.807, 2.05) is 44.2 Å². The van der Waals surface area contributed by atoms with Crippen LogP contribution in [0.25, 0.3) is 0 Å². The van der Waals surface area contributed by atoms with E-state index in [9.17, 15) is 14.4 Å². The van der Waals surface area contributed by atoms with Crippen LogP contribution in [0.1, 0.15) is 39.7 Å². The van der Waals surface area contributed by atoms with Crippen LogP contribution >= 0.6 is 0 Å². The summed E-state index contributed by atoms with van der Waals surface area (Å²) in [6, 6.07) is 9.25. The van der Waals surface area contributed by atoms with E-state index in [0.29, 0.717) is 11.8 Å². The lowest BCUT2D eigenvalue weighted by Gasteiger charge is -2.42. The Morgan fingerprint density at radius 2 is 1.70 bits per heavy atom. The maximum absolute atomic E-state index is 12.7. The van der Waals surface area contributed by atoms with Crippen LogP contribution in [0, 0.1) is 17.8 Å². The molecule has 1 aromatic carbocycles. The molecule has 1 aliphatic carbocycles. The number of esters is 1. The van der Waals surface area contributed by atoms with Gasteiger partial charge in [0.1, 0.15) is 6.61 Å². The zero-order valence-corrected chi connectivity index (χ0v) is 17.8. The first-order valence-corrected chi connectivity index (χ1v) is 10.4. The van der Waals surface area contributed by atoms with Gasteiger partial charge in [-0.05, 0) is 29.9 Å². The number of ketones is 2. The second kappa shape index (κ2) is 9.39. The summed E-state index contributed by atoms with van der Waals surface area (Å²) >= 11 is 0. The standard InChI is InChI=1S/C24H28O6/c1-5-20-15(3)14(2)16(4)24(29-20)30-23(27)18-11-19(25)22(26)21(12-18)28-13-17-9-7-6-8-10-17/h6-12,14-16,20,24H,5,13H2,1-4H3/t14-,15?,16+,20?,24?/m0/s1. The van der Waals surface area contributed by atoms with Crippen LogP contribution in [0.15, 0.2) is 53.8 Å². The monoisotopic (exact) mass is 412 g/mol. The quantitative estimate of drug-likeness (QED) is 0.402. The van der Waals surface area contributed by atoms with Gasteiger partial charge in [0, 0.05) is 12.0 Å². The molecule has 2 aliphatic rings. The number of carbonyl (C=O) groups excluding carboxylic acids is 3. The molecule has 0 amide bonds. The summed E-state index contributed by atoms with van der Waals surface area (Å²) < 4.78 is 17.1. The van der Waals surface area contributed by atoms with Crippen LogP contribution in [0.5, 0.6) is 0 Å². The molecule has 0 aromatic heterocycles. The SMILES string of the molecule is CCC1OC(OC(=O)C2=CC(=O)C(=O)C(OCc3ccccc3)=C2)[C@H](C)[C@@H](C)C1C. The van der Waals surface area contributed by atoms with Gasteiger partial charge in [-0.1, -0.05) is 58.0 Å². The predicted octanol–water partition coefficient (Wildman–Crippen LogP) is 3.75. The highest BCUT2D eigenvalue weighted by molar-refractivity contribution is 6.48. The first-order chi connectivity index (χ1) is 14.3. The van der Waals surface area contributed by atoms with Crippen LogP contribution in [0.2, 0.25) is 0 Å². The van der Waals surface area contributed by atoms with Crippen LogP contribution in [-0.4, -0.2) is 29.9 Å². The summed E-state index contributed by atoms with van der Waals surface area (Å²) in [6.45, 7) is 8.40. The first kappa shape index (κ1) is 22.0. The number of benzene rings is 1. The van der Waals surface area contributed by atoms with Crippen molar-refractivity contribution in [1.82, 2.24) is 0 Å². The molecule has 1 saturated heterocycles. The van der Waals surface area contributed by atoms with Gasteiger partial charge in [-0.3, -0.25) is 9.59 Å². The van der Waals surface area contributed by atoms with E-state index in [0.717, 1.165) is 18.1 Å². The van der Waals surface area contributed by atoms with Crippen molar-refractivity contribution >= 4 is 17.5 Å². The van der Waals surface area contributed by atoms with Crippen molar-refractivity contribution in [2.24, 2.45) is 17.8 Å². The zero-order chi connectivity index (χ0) is 21.8. The van der Waals surface area contributed by atoms with Gasteiger partial charge in [0.25, 0.3) is 5.78 Å². The van der Waals surface area contributed by atoms with E-state index < -0.39 is 23.8 Å². The van der Waals surface area contributed by atoms with E-state index in [-0.39, 0.29) is 30.0 Å². The fourth-order valence-electron chi connectivity index (χ4n) is 3.80. The minimum Gasteiger partial charge on any atom is -0.485 e. The summed E-state index contributed by atoms with van der Waals surface area (Å²) in [5.74, 6) is -1.78. The molecule has 3 unspecified atom stereocenters. The highest BCUT2D eigenvalue weighted by Gasteiger charge is 2.40. The van der Waals surface area contributed by atoms with Crippen molar-refractivity contribution in [1.29, 1.82) is 0 Å². The van der Waals surface area contributed by atoms with Gasteiger partial charge in [0.05, 0.1) is 11.7 Å². The van der Waals surface area contributed by atoms with Crippen molar-refractivity contribution < 1.29 is 28.6 Å². The maximum Gasteiger partial charge on any atom is 0.340 e. The third kappa shape index (κ3) is 4.70. The van der Waals surface area contributed by atoms with Gasteiger partial charge in [0.2, 0.25) is 12.1 Å². The molecule has 3 rings (SSSR count). The molecule has 0 spiro atoms. The van der Waals surface area contributed by atoms with Gasteiger partial charge < -0.3 is 14.2 Å². The number of rotatable bonds is 6. The number of allylic oxidation sites excluding steroid dienone is 2. The molecule has 5 atom stereocenters. The fraction of sp³-hybridized carbons (Fsp3) is 0.458. The second-order valence-corrected chi connectivity index (χ2v) is 8.01. The first-order valence-electron chi connectivity index (χ1n) is 10.4. The Kier molecular flexibility index (Phi) is 6.87. The predicted molar refractivity (Wildman–Crippen MR) is 110 cm³/mol. The molecular formula is C24H28O6. The average molecular weight is 412 g/mol. The third-order valence-electron chi connectivity index (χ3n) is 6.10. The molecule has 6 nitrogen and oxygen atoms in total. The molecule has 1 aromatic rings. The van der Waals surface area contributed by atoms with E-state index in [1.165, 1.54) is 6.08 Å². The van der Waals surface area contributed by atoms with Crippen molar-refractivity contribution in [3.63, 3.8) is 0 Å². The van der Waals surface area contributed by atoms with Crippen LogP contribution in [0.3, 0.4) is 0 Å². The summed E-state index contributed by atoms with van der Waals surface area (Å²) in [6.07, 6.45) is 2.38. The molecule has 30 heavy (non-hydrogen) atoms. The number of hydrogen-bond acceptors (Lipinski definition) is 6. The lowest BCUT2D eigenvalue weighted by molar-refractivity contribution is -0.240. The molecule has 160 valence electrons. The van der Waals surface area contributed by atoms with Crippen molar-refractivity contribution in [3.05, 3.63) is 59.4 Å². The van der Waals surface area contributed by atoms with Gasteiger partial charge in [0.15, 0.2) is 5.76 Å². The highest BCUT2D eigenvalue weighted by atomic mass is 16.7. The maximum atomic E-state index is 12.7. The Morgan fingerprint density at radius 3 is 2.37 bits per heavy atom. The number of ether oxygens (including phenoxy) is 3. The largest absolute Gasteiger partial charge is 0.485 e. The molecule has 0 N–H and O–H groups in total. The molecule has 1 aliphatic heterocycles. The number of Topliss-reactive ketones (excluding diaryl/α,β-unsaturated/α-hetero) is 1. The van der Waals surface area contributed by atoms with Gasteiger partial charge in [-0.15, -0.1) is 0 Å². The Balaban J connectivity index is 1.71. The minimum absolute atomic E-state index is 0.00199. The minimum atomic E-state index is -0.807. The smallest absolute Gasteiger partial charge is 0.340 e. The van der Waals surface area contributed by atoms with Crippen LogP contribution < -0.4 is 0 Å². The summed E-state index contributed by atoms with van der Waals surface area (Å²) in [5.41, 5.74) is 0.827. The molecular weight excluding hydrogens is 384 g/mol. The van der Waals surface area contributed by atoms with Crippen molar-refractivity contribution in [2.75, 3.05) is 0 Å². The van der Waals surface area contributed by atoms with Gasteiger partial charge in [-0.25, -0.2) is 4.79 Å². The van der Waals surface area contributed by atoms with Crippen LogP contribution in [-0.2, 0) is 35.2 Å². The van der Waals surface area contributed by atoms with E-state index >= 15 is 0 Å². The second-order valence-electron chi connectivity index (χ2n) is 8.01. The Hall–Kier alpha value is -2.73. The Bertz CT molecular complexity index is 867. The Morgan fingerprint density at radius 1 is 1.00 bits per heavy atom. The highest BCUT2D eigenvalue weighted by Crippen LogP contribution is 2.37. The Labute approximate surface area is 176 Å². The molecule has 1 heterocycles. The average Bonchev–Trinajstić information content (AvgIpc) is 2.75. The molecule has 6 heteroatoms.